The van der Waals surface area contributed by atoms with Crippen LogP contribution < -0.4 is 5.73 Å². The molecule has 0 aromatic heterocycles. The lowest BCUT2D eigenvalue weighted by atomic mass is 9.99. The number of rotatable bonds is 4. The zero-order valence-corrected chi connectivity index (χ0v) is 9.96. The molecule has 1 heterocycles. The Morgan fingerprint density at radius 3 is 2.72 bits per heavy atom. The summed E-state index contributed by atoms with van der Waals surface area (Å²) in [5, 5.41) is 0. The molecule has 0 saturated carbocycles. The van der Waals surface area contributed by atoms with Crippen molar-refractivity contribution >= 4 is 0 Å². The maximum absolute atomic E-state index is 13.5. The van der Waals surface area contributed by atoms with Crippen molar-refractivity contribution < 1.29 is 17.9 Å². The molecule has 1 aliphatic heterocycles. The van der Waals surface area contributed by atoms with Gasteiger partial charge in [-0.15, -0.1) is 0 Å². The SMILES string of the molecule is NC(CCC1CCCO1)c1ccc(F)c(F)c1F. The predicted octanol–water partition coefficient (Wildman–Crippen LogP) is 3.06. The van der Waals surface area contributed by atoms with E-state index in [1.54, 1.807) is 0 Å². The summed E-state index contributed by atoms with van der Waals surface area (Å²) in [6.45, 7) is 0.749. The van der Waals surface area contributed by atoms with Crippen LogP contribution in [-0.4, -0.2) is 12.7 Å². The fourth-order valence-electron chi connectivity index (χ4n) is 2.22. The van der Waals surface area contributed by atoms with Gasteiger partial charge in [-0.3, -0.25) is 0 Å². The Balaban J connectivity index is 1.99. The normalized spacial score (nSPS) is 21.2. The van der Waals surface area contributed by atoms with Crippen molar-refractivity contribution in [2.75, 3.05) is 6.61 Å². The highest BCUT2D eigenvalue weighted by Crippen LogP contribution is 2.25. The Hall–Kier alpha value is -1.07. The molecule has 1 aliphatic rings. The van der Waals surface area contributed by atoms with E-state index in [2.05, 4.69) is 0 Å². The van der Waals surface area contributed by atoms with Gasteiger partial charge in [0.2, 0.25) is 0 Å². The fraction of sp³-hybridized carbons (Fsp3) is 0.538. The van der Waals surface area contributed by atoms with Crippen LogP contribution in [-0.2, 0) is 4.74 Å². The molecule has 18 heavy (non-hydrogen) atoms. The van der Waals surface area contributed by atoms with E-state index in [0.29, 0.717) is 12.8 Å². The van der Waals surface area contributed by atoms with Crippen LogP contribution in [0, 0.1) is 17.5 Å². The third-order valence-electron chi connectivity index (χ3n) is 3.29. The van der Waals surface area contributed by atoms with Crippen molar-refractivity contribution in [2.24, 2.45) is 5.73 Å². The Bertz CT molecular complexity index is 419. The lowest BCUT2D eigenvalue weighted by Crippen LogP contribution is -2.16. The van der Waals surface area contributed by atoms with Gasteiger partial charge in [-0.05, 0) is 31.7 Å². The molecule has 5 heteroatoms. The summed E-state index contributed by atoms with van der Waals surface area (Å²) in [5.41, 5.74) is 5.83. The van der Waals surface area contributed by atoms with E-state index < -0.39 is 23.5 Å². The first-order valence-corrected chi connectivity index (χ1v) is 6.10. The second kappa shape index (κ2) is 5.71. The van der Waals surface area contributed by atoms with Gasteiger partial charge in [0, 0.05) is 18.2 Å². The Labute approximate surface area is 104 Å². The van der Waals surface area contributed by atoms with Gasteiger partial charge < -0.3 is 10.5 Å². The van der Waals surface area contributed by atoms with E-state index in [1.807, 2.05) is 0 Å². The molecule has 0 spiro atoms. The van der Waals surface area contributed by atoms with Gasteiger partial charge in [0.25, 0.3) is 0 Å². The molecule has 100 valence electrons. The van der Waals surface area contributed by atoms with Crippen LogP contribution in [0.1, 0.15) is 37.3 Å². The summed E-state index contributed by atoms with van der Waals surface area (Å²) >= 11 is 0. The average molecular weight is 259 g/mol. The molecule has 1 aromatic carbocycles. The summed E-state index contributed by atoms with van der Waals surface area (Å²) in [5.74, 6) is -3.84. The van der Waals surface area contributed by atoms with Gasteiger partial charge in [0.15, 0.2) is 17.5 Å². The summed E-state index contributed by atoms with van der Waals surface area (Å²) in [6.07, 6.45) is 3.36. The minimum atomic E-state index is -1.46. The number of hydrogen-bond acceptors (Lipinski definition) is 2. The molecule has 2 rings (SSSR count). The monoisotopic (exact) mass is 259 g/mol. The van der Waals surface area contributed by atoms with Gasteiger partial charge in [-0.2, -0.15) is 0 Å². The Morgan fingerprint density at radius 1 is 1.28 bits per heavy atom. The van der Waals surface area contributed by atoms with Crippen LogP contribution in [0.5, 0.6) is 0 Å². The molecule has 0 radical (unpaired) electrons. The van der Waals surface area contributed by atoms with Crippen LogP contribution in [0.3, 0.4) is 0 Å². The quantitative estimate of drug-likeness (QED) is 0.843. The first-order chi connectivity index (χ1) is 8.59. The maximum Gasteiger partial charge on any atom is 0.194 e. The summed E-state index contributed by atoms with van der Waals surface area (Å²) in [7, 11) is 0. The Morgan fingerprint density at radius 2 is 2.06 bits per heavy atom. The second-order valence-electron chi connectivity index (χ2n) is 4.58. The highest BCUT2D eigenvalue weighted by molar-refractivity contribution is 5.23. The van der Waals surface area contributed by atoms with E-state index in [0.717, 1.165) is 25.5 Å². The average Bonchev–Trinajstić information content (AvgIpc) is 2.86. The van der Waals surface area contributed by atoms with Crippen molar-refractivity contribution in [3.63, 3.8) is 0 Å². The summed E-state index contributed by atoms with van der Waals surface area (Å²) < 4.78 is 44.8. The number of hydrogen-bond donors (Lipinski definition) is 1. The molecular formula is C13H16F3NO. The minimum absolute atomic E-state index is 0.0203. The first kappa shape index (κ1) is 13.4. The predicted molar refractivity (Wildman–Crippen MR) is 61.5 cm³/mol. The van der Waals surface area contributed by atoms with Gasteiger partial charge in [-0.1, -0.05) is 6.07 Å². The van der Waals surface area contributed by atoms with Gasteiger partial charge >= 0.3 is 0 Å². The largest absolute Gasteiger partial charge is 0.378 e. The molecule has 0 amide bonds. The highest BCUT2D eigenvalue weighted by atomic mass is 19.2. The van der Waals surface area contributed by atoms with Crippen molar-refractivity contribution in [2.45, 2.75) is 37.8 Å². The van der Waals surface area contributed by atoms with Crippen LogP contribution in [0.4, 0.5) is 13.2 Å². The number of ether oxygens (including phenoxy) is 1. The molecule has 1 saturated heterocycles. The number of halogens is 3. The fourth-order valence-corrected chi connectivity index (χ4v) is 2.22. The summed E-state index contributed by atoms with van der Waals surface area (Å²) in [4.78, 5) is 0. The number of nitrogens with two attached hydrogens (primary N) is 1. The second-order valence-corrected chi connectivity index (χ2v) is 4.58. The number of benzene rings is 1. The zero-order chi connectivity index (χ0) is 13.1. The molecular weight excluding hydrogens is 243 g/mol. The van der Waals surface area contributed by atoms with Crippen molar-refractivity contribution in [3.05, 3.63) is 35.1 Å². The maximum atomic E-state index is 13.5. The van der Waals surface area contributed by atoms with Gasteiger partial charge in [0.05, 0.1) is 6.10 Å². The van der Waals surface area contributed by atoms with Gasteiger partial charge in [0.1, 0.15) is 0 Å². The Kier molecular flexibility index (Phi) is 4.24. The van der Waals surface area contributed by atoms with E-state index >= 15 is 0 Å². The van der Waals surface area contributed by atoms with E-state index in [4.69, 9.17) is 10.5 Å². The molecule has 1 aromatic rings. The standard InChI is InChI=1S/C13H16F3NO/c14-10-5-4-9(12(15)13(10)16)11(17)6-3-8-2-1-7-18-8/h4-5,8,11H,1-3,6-7,17H2. The third kappa shape index (κ3) is 2.84. The van der Waals surface area contributed by atoms with Crippen molar-refractivity contribution in [3.8, 4) is 0 Å². The molecule has 2 atom stereocenters. The topological polar surface area (TPSA) is 35.2 Å². The lowest BCUT2D eigenvalue weighted by molar-refractivity contribution is 0.101. The molecule has 1 fully saturated rings. The first-order valence-electron chi connectivity index (χ1n) is 6.10. The van der Waals surface area contributed by atoms with Crippen LogP contribution in [0.2, 0.25) is 0 Å². The summed E-state index contributed by atoms with van der Waals surface area (Å²) in [6, 6.07) is 1.47. The van der Waals surface area contributed by atoms with Crippen LogP contribution in [0.15, 0.2) is 12.1 Å². The van der Waals surface area contributed by atoms with E-state index in [9.17, 15) is 13.2 Å². The minimum Gasteiger partial charge on any atom is -0.378 e. The highest BCUT2D eigenvalue weighted by Gasteiger charge is 2.21. The zero-order valence-electron chi connectivity index (χ0n) is 9.96. The lowest BCUT2D eigenvalue weighted by Gasteiger charge is -2.16. The molecule has 0 aliphatic carbocycles. The third-order valence-corrected chi connectivity index (χ3v) is 3.29. The molecule has 2 nitrogen and oxygen atoms in total. The molecule has 2 unspecified atom stereocenters. The van der Waals surface area contributed by atoms with Crippen LogP contribution in [0.25, 0.3) is 0 Å². The van der Waals surface area contributed by atoms with Crippen molar-refractivity contribution in [1.82, 2.24) is 0 Å². The van der Waals surface area contributed by atoms with Gasteiger partial charge in [-0.25, -0.2) is 13.2 Å². The molecule has 0 bridgehead atoms. The smallest absolute Gasteiger partial charge is 0.194 e. The van der Waals surface area contributed by atoms with E-state index in [1.165, 1.54) is 6.07 Å². The van der Waals surface area contributed by atoms with Crippen molar-refractivity contribution in [1.29, 1.82) is 0 Å². The van der Waals surface area contributed by atoms with E-state index in [-0.39, 0.29) is 11.7 Å². The molecule has 2 N–H and O–H groups in total. The van der Waals surface area contributed by atoms with Crippen LogP contribution >= 0.6 is 0 Å².